The van der Waals surface area contributed by atoms with Crippen molar-refractivity contribution in [2.75, 3.05) is 11.1 Å². The molecule has 0 aromatic carbocycles. The van der Waals surface area contributed by atoms with Crippen LogP contribution < -0.4 is 11.1 Å². The Labute approximate surface area is 108 Å². The van der Waals surface area contributed by atoms with Crippen LogP contribution in [-0.2, 0) is 0 Å². The van der Waals surface area contributed by atoms with Gasteiger partial charge >= 0.3 is 5.97 Å². The fourth-order valence-corrected chi connectivity index (χ4v) is 2.13. The maximum atomic E-state index is 10.8. The van der Waals surface area contributed by atoms with Gasteiger partial charge in [0.05, 0.1) is 11.4 Å². The van der Waals surface area contributed by atoms with E-state index in [1.54, 1.807) is 0 Å². The second-order valence-corrected chi connectivity index (χ2v) is 4.93. The average Bonchev–Trinajstić information content (AvgIpc) is 2.61. The van der Waals surface area contributed by atoms with Crippen molar-refractivity contribution < 1.29 is 9.90 Å². The molecule has 2 heterocycles. The maximum absolute atomic E-state index is 10.8. The van der Waals surface area contributed by atoms with Gasteiger partial charge in [0.15, 0.2) is 16.6 Å². The van der Waals surface area contributed by atoms with Gasteiger partial charge in [0.2, 0.25) is 0 Å². The monoisotopic (exact) mass is 264 g/mol. The smallest absolute Gasteiger partial charge is 0.354 e. The fourth-order valence-electron chi connectivity index (χ4n) is 1.32. The zero-order valence-corrected chi connectivity index (χ0v) is 10.7. The molecule has 0 radical (unpaired) electrons. The van der Waals surface area contributed by atoms with Crippen molar-refractivity contribution in [2.45, 2.75) is 13.8 Å². The molecule has 0 spiro atoms. The molecule has 0 unspecified atom stereocenters. The molecule has 2 aromatic rings. The number of anilines is 3. The highest BCUT2D eigenvalue weighted by molar-refractivity contribution is 7.15. The van der Waals surface area contributed by atoms with E-state index in [1.165, 1.54) is 23.5 Å². The first-order chi connectivity index (χ1) is 8.47. The number of thiazole rings is 1. The Bertz CT molecular complexity index is 590. The van der Waals surface area contributed by atoms with Gasteiger partial charge < -0.3 is 16.2 Å². The number of nitrogens with two attached hydrogens (primary N) is 1. The quantitative estimate of drug-likeness (QED) is 0.785. The Morgan fingerprint density at radius 3 is 2.67 bits per heavy atom. The molecule has 18 heavy (non-hydrogen) atoms. The molecule has 0 saturated carbocycles. The van der Waals surface area contributed by atoms with Crippen LogP contribution in [0, 0.1) is 13.8 Å². The Morgan fingerprint density at radius 1 is 1.39 bits per heavy atom. The second-order valence-electron chi connectivity index (χ2n) is 3.73. The van der Waals surface area contributed by atoms with E-state index in [2.05, 4.69) is 15.3 Å². The van der Waals surface area contributed by atoms with Gasteiger partial charge in [0.25, 0.3) is 0 Å². The number of hydrogen-bond acceptors (Lipinski definition) is 6. The van der Waals surface area contributed by atoms with Crippen molar-refractivity contribution in [3.8, 4) is 0 Å². The standard InChI is InChI=1S/C11H12N4O2S/c1-5-6(2)18-11(13-5)15-9-7(12)3-4-8(14-9)10(16)17/h3-4H,12H2,1-2H3,(H,16,17)(H,13,14,15). The van der Waals surface area contributed by atoms with Crippen molar-refractivity contribution >= 4 is 33.9 Å². The van der Waals surface area contributed by atoms with Crippen molar-refractivity contribution in [3.05, 3.63) is 28.4 Å². The minimum Gasteiger partial charge on any atom is -0.477 e. The minimum absolute atomic E-state index is 0.0586. The third kappa shape index (κ3) is 2.40. The van der Waals surface area contributed by atoms with E-state index in [1.807, 2.05) is 13.8 Å². The van der Waals surface area contributed by atoms with Gasteiger partial charge in [-0.25, -0.2) is 14.8 Å². The third-order valence-electron chi connectivity index (χ3n) is 2.40. The highest BCUT2D eigenvalue weighted by Gasteiger charge is 2.11. The number of carbonyl (C=O) groups is 1. The van der Waals surface area contributed by atoms with Crippen LogP contribution in [0.15, 0.2) is 12.1 Å². The van der Waals surface area contributed by atoms with E-state index in [0.29, 0.717) is 16.6 Å². The number of hydrogen-bond donors (Lipinski definition) is 3. The summed E-state index contributed by atoms with van der Waals surface area (Å²) in [6.45, 7) is 3.87. The summed E-state index contributed by atoms with van der Waals surface area (Å²) in [5, 5.41) is 12.5. The number of carboxylic acids is 1. The molecular formula is C11H12N4O2S. The Kier molecular flexibility index (Phi) is 3.15. The molecule has 0 atom stereocenters. The van der Waals surface area contributed by atoms with Gasteiger partial charge in [0.1, 0.15) is 0 Å². The van der Waals surface area contributed by atoms with Gasteiger partial charge in [-0.2, -0.15) is 0 Å². The number of aryl methyl sites for hydroxylation is 2. The molecular weight excluding hydrogens is 252 g/mol. The summed E-state index contributed by atoms with van der Waals surface area (Å²) in [7, 11) is 0. The first-order valence-corrected chi connectivity index (χ1v) is 6.00. The van der Waals surface area contributed by atoms with Crippen LogP contribution in [0.1, 0.15) is 21.1 Å². The SMILES string of the molecule is Cc1nc(Nc2nc(C(=O)O)ccc2N)sc1C. The molecule has 2 aromatic heterocycles. The lowest BCUT2D eigenvalue weighted by Gasteiger charge is -2.06. The lowest BCUT2D eigenvalue weighted by molar-refractivity contribution is 0.0690. The normalized spacial score (nSPS) is 10.3. The van der Waals surface area contributed by atoms with Gasteiger partial charge in [-0.3, -0.25) is 0 Å². The minimum atomic E-state index is -1.09. The Balaban J connectivity index is 2.33. The van der Waals surface area contributed by atoms with Crippen molar-refractivity contribution in [2.24, 2.45) is 0 Å². The maximum Gasteiger partial charge on any atom is 0.354 e. The number of carboxylic acid groups (broad SMARTS) is 1. The number of nitrogen functional groups attached to an aromatic ring is 1. The molecule has 0 aliphatic rings. The summed E-state index contributed by atoms with van der Waals surface area (Å²) in [6, 6.07) is 2.87. The Morgan fingerprint density at radius 2 is 2.11 bits per heavy atom. The topological polar surface area (TPSA) is 101 Å². The van der Waals surface area contributed by atoms with Crippen LogP contribution in [0.25, 0.3) is 0 Å². The van der Waals surface area contributed by atoms with Crippen LogP contribution in [0.3, 0.4) is 0 Å². The molecule has 0 saturated heterocycles. The van der Waals surface area contributed by atoms with E-state index in [0.717, 1.165) is 10.6 Å². The van der Waals surface area contributed by atoms with Crippen LogP contribution in [-0.4, -0.2) is 21.0 Å². The van der Waals surface area contributed by atoms with E-state index in [-0.39, 0.29) is 5.69 Å². The summed E-state index contributed by atoms with van der Waals surface area (Å²) in [5.41, 5.74) is 6.99. The van der Waals surface area contributed by atoms with Crippen molar-refractivity contribution in [1.29, 1.82) is 0 Å². The summed E-state index contributed by atoms with van der Waals surface area (Å²) < 4.78 is 0. The molecule has 7 heteroatoms. The van der Waals surface area contributed by atoms with Crippen molar-refractivity contribution in [1.82, 2.24) is 9.97 Å². The summed E-state index contributed by atoms with van der Waals surface area (Å²) in [5.74, 6) is -0.784. The molecule has 4 N–H and O–H groups in total. The van der Waals surface area contributed by atoms with E-state index >= 15 is 0 Å². The predicted molar refractivity (Wildman–Crippen MR) is 70.5 cm³/mol. The second kappa shape index (κ2) is 4.61. The van der Waals surface area contributed by atoms with E-state index < -0.39 is 5.97 Å². The van der Waals surface area contributed by atoms with E-state index in [4.69, 9.17) is 10.8 Å². The summed E-state index contributed by atoms with van der Waals surface area (Å²) in [6.07, 6.45) is 0. The average molecular weight is 264 g/mol. The molecule has 0 amide bonds. The molecule has 0 fully saturated rings. The van der Waals surface area contributed by atoms with Gasteiger partial charge in [0, 0.05) is 4.88 Å². The summed E-state index contributed by atoms with van der Waals surface area (Å²) >= 11 is 1.47. The van der Waals surface area contributed by atoms with Crippen LogP contribution in [0.2, 0.25) is 0 Å². The molecule has 0 aliphatic carbocycles. The largest absolute Gasteiger partial charge is 0.477 e. The highest BCUT2D eigenvalue weighted by Crippen LogP contribution is 2.26. The molecule has 6 nitrogen and oxygen atoms in total. The zero-order chi connectivity index (χ0) is 13.3. The Hall–Kier alpha value is -2.15. The van der Waals surface area contributed by atoms with Crippen LogP contribution >= 0.6 is 11.3 Å². The molecule has 0 aliphatic heterocycles. The molecule has 94 valence electrons. The van der Waals surface area contributed by atoms with E-state index in [9.17, 15) is 4.79 Å². The molecule has 0 bridgehead atoms. The molecule has 2 rings (SSSR count). The van der Waals surface area contributed by atoms with Gasteiger partial charge in [-0.1, -0.05) is 0 Å². The van der Waals surface area contributed by atoms with Gasteiger partial charge in [-0.05, 0) is 26.0 Å². The lowest BCUT2D eigenvalue weighted by atomic mass is 10.3. The van der Waals surface area contributed by atoms with Crippen molar-refractivity contribution in [3.63, 3.8) is 0 Å². The summed E-state index contributed by atoms with van der Waals surface area (Å²) in [4.78, 5) is 20.1. The van der Waals surface area contributed by atoms with Crippen LogP contribution in [0.4, 0.5) is 16.6 Å². The number of aromatic nitrogens is 2. The number of nitrogens with one attached hydrogen (secondary N) is 1. The fraction of sp³-hybridized carbons (Fsp3) is 0.182. The first kappa shape index (κ1) is 12.3. The lowest BCUT2D eigenvalue weighted by Crippen LogP contribution is -2.05. The number of rotatable bonds is 3. The first-order valence-electron chi connectivity index (χ1n) is 5.18. The number of pyridine rings is 1. The van der Waals surface area contributed by atoms with Crippen LogP contribution in [0.5, 0.6) is 0 Å². The number of nitrogens with zero attached hydrogens (tertiary/aromatic N) is 2. The number of aromatic carboxylic acids is 1. The predicted octanol–water partition coefficient (Wildman–Crippen LogP) is 2.18. The van der Waals surface area contributed by atoms with Gasteiger partial charge in [-0.15, -0.1) is 11.3 Å². The highest BCUT2D eigenvalue weighted by atomic mass is 32.1. The zero-order valence-electron chi connectivity index (χ0n) is 9.89. The third-order valence-corrected chi connectivity index (χ3v) is 3.39.